The lowest BCUT2D eigenvalue weighted by atomic mass is 10.1. The molecule has 0 atom stereocenters. The molecular formula is C22H20N4OS. The molecule has 3 aromatic rings. The maximum atomic E-state index is 12.6. The van der Waals surface area contributed by atoms with Gasteiger partial charge in [-0.1, -0.05) is 42.5 Å². The van der Waals surface area contributed by atoms with E-state index in [4.69, 9.17) is 0 Å². The Hall–Kier alpha value is -3.43. The molecule has 0 unspecified atom stereocenters. The molecule has 0 aliphatic heterocycles. The van der Waals surface area contributed by atoms with Gasteiger partial charge in [0.15, 0.2) is 0 Å². The number of nitriles is 1. The summed E-state index contributed by atoms with van der Waals surface area (Å²) in [4.78, 5) is 16.9. The molecular weight excluding hydrogens is 368 g/mol. The van der Waals surface area contributed by atoms with E-state index in [2.05, 4.69) is 21.7 Å². The van der Waals surface area contributed by atoms with Crippen LogP contribution in [0.1, 0.15) is 26.6 Å². The van der Waals surface area contributed by atoms with Gasteiger partial charge < -0.3 is 10.6 Å². The number of rotatable bonds is 7. The van der Waals surface area contributed by atoms with E-state index in [1.807, 2.05) is 60.8 Å². The van der Waals surface area contributed by atoms with E-state index >= 15 is 0 Å². The van der Waals surface area contributed by atoms with Crippen molar-refractivity contribution < 1.29 is 4.79 Å². The first kappa shape index (κ1) is 19.3. The lowest BCUT2D eigenvalue weighted by molar-refractivity contribution is 0.0955. The van der Waals surface area contributed by atoms with Crippen LogP contribution in [0.3, 0.4) is 0 Å². The zero-order valence-electron chi connectivity index (χ0n) is 15.5. The van der Waals surface area contributed by atoms with Gasteiger partial charge in [0.1, 0.15) is 16.6 Å². The minimum Gasteiger partial charge on any atom is -0.360 e. The van der Waals surface area contributed by atoms with Crippen molar-refractivity contribution in [2.75, 3.05) is 11.9 Å². The molecule has 1 amide bonds. The van der Waals surface area contributed by atoms with Crippen molar-refractivity contribution in [2.24, 2.45) is 0 Å². The normalized spacial score (nSPS) is 10.9. The van der Waals surface area contributed by atoms with Gasteiger partial charge >= 0.3 is 0 Å². The summed E-state index contributed by atoms with van der Waals surface area (Å²) >= 11 is 1.42. The summed E-state index contributed by atoms with van der Waals surface area (Å²) in [5.74, 6) is -0.156. The second kappa shape index (κ2) is 9.49. The Kier molecular flexibility index (Phi) is 6.55. The van der Waals surface area contributed by atoms with Crippen LogP contribution in [0.25, 0.3) is 5.57 Å². The second-order valence-electron chi connectivity index (χ2n) is 6.15. The Morgan fingerprint density at radius 2 is 1.93 bits per heavy atom. The van der Waals surface area contributed by atoms with E-state index in [1.54, 1.807) is 12.3 Å². The summed E-state index contributed by atoms with van der Waals surface area (Å²) in [5, 5.41) is 18.0. The highest BCUT2D eigenvalue weighted by molar-refractivity contribution is 7.10. The van der Waals surface area contributed by atoms with Crippen LogP contribution in [0, 0.1) is 18.3 Å². The summed E-state index contributed by atoms with van der Waals surface area (Å²) in [7, 11) is 0. The molecule has 5 nitrogen and oxygen atoms in total. The van der Waals surface area contributed by atoms with E-state index in [0.29, 0.717) is 28.4 Å². The first-order valence-electron chi connectivity index (χ1n) is 8.88. The van der Waals surface area contributed by atoms with E-state index in [-0.39, 0.29) is 5.91 Å². The van der Waals surface area contributed by atoms with Crippen LogP contribution in [0.4, 0.5) is 5.69 Å². The Balaban J connectivity index is 1.67. The average molecular weight is 388 g/mol. The number of anilines is 1. The fourth-order valence-electron chi connectivity index (χ4n) is 2.64. The lowest BCUT2D eigenvalue weighted by Crippen LogP contribution is -2.26. The number of carbonyl (C=O) groups excluding carboxylic acids is 1. The number of hydrogen-bond acceptors (Lipinski definition) is 5. The minimum absolute atomic E-state index is 0.156. The number of nitrogens with zero attached hydrogens (tertiary/aromatic N) is 2. The molecule has 0 radical (unpaired) electrons. The fourth-order valence-corrected chi connectivity index (χ4v) is 3.40. The van der Waals surface area contributed by atoms with Crippen LogP contribution in [0.15, 0.2) is 66.2 Å². The Labute approximate surface area is 168 Å². The number of allylic oxidation sites excluding steroid dienone is 1. The molecule has 0 spiro atoms. The molecule has 0 saturated heterocycles. The summed E-state index contributed by atoms with van der Waals surface area (Å²) in [6, 6.07) is 19.4. The molecule has 1 aromatic heterocycles. The Morgan fingerprint density at radius 1 is 1.18 bits per heavy atom. The lowest BCUT2D eigenvalue weighted by Gasteiger charge is -2.10. The molecule has 0 aliphatic rings. The summed E-state index contributed by atoms with van der Waals surface area (Å²) in [5.41, 5.74) is 3.64. The number of para-hydroxylation sites is 1. The van der Waals surface area contributed by atoms with Crippen LogP contribution in [-0.4, -0.2) is 17.4 Å². The molecule has 1 heterocycles. The van der Waals surface area contributed by atoms with Crippen molar-refractivity contribution in [2.45, 2.75) is 13.3 Å². The van der Waals surface area contributed by atoms with Crippen molar-refractivity contribution in [3.8, 4) is 6.07 Å². The number of hydrogen-bond donors (Lipinski definition) is 2. The van der Waals surface area contributed by atoms with Crippen LogP contribution in [-0.2, 0) is 6.42 Å². The van der Waals surface area contributed by atoms with E-state index in [9.17, 15) is 10.1 Å². The largest absolute Gasteiger partial charge is 0.360 e. The molecule has 3 rings (SSSR count). The third-order valence-corrected chi connectivity index (χ3v) is 5.05. The van der Waals surface area contributed by atoms with E-state index < -0.39 is 0 Å². The molecule has 6 heteroatoms. The van der Waals surface area contributed by atoms with Crippen molar-refractivity contribution >= 4 is 28.5 Å². The quantitative estimate of drug-likeness (QED) is 0.588. The van der Waals surface area contributed by atoms with Gasteiger partial charge in [-0.2, -0.15) is 5.26 Å². The smallest absolute Gasteiger partial charge is 0.253 e. The van der Waals surface area contributed by atoms with Crippen LogP contribution in [0.5, 0.6) is 0 Å². The average Bonchev–Trinajstić information content (AvgIpc) is 3.15. The third-order valence-electron chi connectivity index (χ3n) is 4.06. The standard InChI is InChI=1S/C22H20N4OS/c1-16-15-28-22(26-16)18(13-23)14-25-20-10-6-5-9-19(20)21(27)24-12-11-17-7-3-2-4-8-17/h2-10,14-15,25H,11-12H2,1H3,(H,24,27)/b18-14+. The molecule has 0 aliphatic carbocycles. The second-order valence-corrected chi connectivity index (χ2v) is 7.00. The number of thiazole rings is 1. The zero-order valence-corrected chi connectivity index (χ0v) is 16.3. The fraction of sp³-hybridized carbons (Fsp3) is 0.136. The van der Waals surface area contributed by atoms with Crippen LogP contribution >= 0.6 is 11.3 Å². The summed E-state index contributed by atoms with van der Waals surface area (Å²) in [6.45, 7) is 2.44. The zero-order chi connectivity index (χ0) is 19.8. The number of carbonyl (C=O) groups is 1. The highest BCUT2D eigenvalue weighted by atomic mass is 32.1. The number of nitrogens with one attached hydrogen (secondary N) is 2. The van der Waals surface area contributed by atoms with E-state index in [0.717, 1.165) is 12.1 Å². The molecule has 2 aromatic carbocycles. The van der Waals surface area contributed by atoms with E-state index in [1.165, 1.54) is 16.9 Å². The van der Waals surface area contributed by atoms with Crippen LogP contribution < -0.4 is 10.6 Å². The SMILES string of the molecule is Cc1csc(/C(C#N)=C/Nc2ccccc2C(=O)NCCc2ccccc2)n1. The van der Waals surface area contributed by atoms with Crippen molar-refractivity contribution in [3.63, 3.8) is 0 Å². The molecule has 28 heavy (non-hydrogen) atoms. The first-order valence-corrected chi connectivity index (χ1v) is 9.76. The molecule has 0 bridgehead atoms. The van der Waals surface area contributed by atoms with Gasteiger partial charge in [-0.05, 0) is 31.0 Å². The minimum atomic E-state index is -0.156. The summed E-state index contributed by atoms with van der Waals surface area (Å²) in [6.07, 6.45) is 2.36. The number of aromatic nitrogens is 1. The van der Waals surface area contributed by atoms with Gasteiger partial charge in [0, 0.05) is 23.8 Å². The number of amides is 1. The molecule has 140 valence electrons. The monoisotopic (exact) mass is 388 g/mol. The molecule has 0 saturated carbocycles. The van der Waals surface area contributed by atoms with Crippen molar-refractivity contribution in [1.29, 1.82) is 5.26 Å². The van der Waals surface area contributed by atoms with Gasteiger partial charge in [-0.25, -0.2) is 4.98 Å². The van der Waals surface area contributed by atoms with Gasteiger partial charge in [-0.3, -0.25) is 4.79 Å². The highest BCUT2D eigenvalue weighted by Gasteiger charge is 2.11. The van der Waals surface area contributed by atoms with Crippen molar-refractivity contribution in [3.05, 3.63) is 88.0 Å². The predicted molar refractivity (Wildman–Crippen MR) is 113 cm³/mol. The topological polar surface area (TPSA) is 77.8 Å². The maximum absolute atomic E-state index is 12.6. The number of benzene rings is 2. The van der Waals surface area contributed by atoms with Gasteiger partial charge in [0.05, 0.1) is 11.3 Å². The molecule has 2 N–H and O–H groups in total. The predicted octanol–water partition coefficient (Wildman–Crippen LogP) is 4.40. The molecule has 0 fully saturated rings. The van der Waals surface area contributed by atoms with Gasteiger partial charge in [0.2, 0.25) is 0 Å². The first-order chi connectivity index (χ1) is 13.7. The Morgan fingerprint density at radius 3 is 2.64 bits per heavy atom. The number of aryl methyl sites for hydroxylation is 1. The maximum Gasteiger partial charge on any atom is 0.253 e. The van der Waals surface area contributed by atoms with Crippen LogP contribution in [0.2, 0.25) is 0 Å². The third kappa shape index (κ3) is 5.06. The van der Waals surface area contributed by atoms with Gasteiger partial charge in [0.25, 0.3) is 5.91 Å². The summed E-state index contributed by atoms with van der Waals surface area (Å²) < 4.78 is 0. The highest BCUT2D eigenvalue weighted by Crippen LogP contribution is 2.20. The van der Waals surface area contributed by atoms with Gasteiger partial charge in [-0.15, -0.1) is 11.3 Å². The van der Waals surface area contributed by atoms with Crippen molar-refractivity contribution in [1.82, 2.24) is 10.3 Å². The Bertz CT molecular complexity index is 1020.